The average molecular weight is 535 g/mol. The van der Waals surface area contributed by atoms with E-state index < -0.39 is 5.82 Å². The molecule has 1 amide bonds. The van der Waals surface area contributed by atoms with Gasteiger partial charge in [-0.25, -0.2) is 14.4 Å². The summed E-state index contributed by atoms with van der Waals surface area (Å²) in [6, 6.07) is 10.6. The van der Waals surface area contributed by atoms with Gasteiger partial charge in [0.25, 0.3) is 5.91 Å². The Balaban J connectivity index is 1.49. The van der Waals surface area contributed by atoms with Crippen molar-refractivity contribution in [1.82, 2.24) is 14.9 Å². The van der Waals surface area contributed by atoms with Gasteiger partial charge < -0.3 is 24.6 Å². The molecule has 2 aliphatic heterocycles. The maximum atomic E-state index is 15.7. The van der Waals surface area contributed by atoms with Gasteiger partial charge in [-0.3, -0.25) is 9.69 Å². The lowest BCUT2D eigenvalue weighted by Crippen LogP contribution is -2.55. The number of nitrogens with zero attached hydrogens (tertiary/aromatic N) is 5. The van der Waals surface area contributed by atoms with E-state index in [1.54, 1.807) is 49.8 Å². The van der Waals surface area contributed by atoms with Gasteiger partial charge >= 0.3 is 0 Å². The van der Waals surface area contributed by atoms with Crippen molar-refractivity contribution >= 4 is 23.2 Å². The highest BCUT2D eigenvalue weighted by molar-refractivity contribution is 6.06. The van der Waals surface area contributed by atoms with Crippen molar-refractivity contribution in [2.24, 2.45) is 0 Å². The Morgan fingerprint density at radius 1 is 1.03 bits per heavy atom. The first-order valence-corrected chi connectivity index (χ1v) is 13.2. The van der Waals surface area contributed by atoms with E-state index in [1.807, 2.05) is 4.90 Å². The van der Waals surface area contributed by atoms with E-state index in [4.69, 9.17) is 9.47 Å². The normalized spacial score (nSPS) is 20.1. The van der Waals surface area contributed by atoms with E-state index in [-0.39, 0.29) is 18.0 Å². The van der Waals surface area contributed by atoms with Crippen LogP contribution in [0.5, 0.6) is 5.75 Å². The zero-order valence-electron chi connectivity index (χ0n) is 22.9. The summed E-state index contributed by atoms with van der Waals surface area (Å²) in [6.45, 7) is 8.40. The number of carbonyl (C=O) groups is 1. The summed E-state index contributed by atoms with van der Waals surface area (Å²) in [6.07, 6.45) is 3.26. The number of halogens is 1. The molecular formula is C29H35FN6O3. The number of morpholine rings is 1. The molecular weight excluding hydrogens is 499 g/mol. The molecule has 0 saturated carbocycles. The summed E-state index contributed by atoms with van der Waals surface area (Å²) in [5.41, 5.74) is 2.53. The third kappa shape index (κ3) is 5.81. The predicted octanol–water partition coefficient (Wildman–Crippen LogP) is 3.91. The fraction of sp³-hybridized carbons (Fsp3) is 0.414. The SMILES string of the molecule is COc1ccc(C(=O)Nc2cc(-c3cnc(N4CCOCC4)nc3)c(F)cc2N2CC(C)N(C)C(C)C2)cc1. The number of piperazine rings is 1. The highest BCUT2D eigenvalue weighted by Crippen LogP contribution is 2.36. The predicted molar refractivity (Wildman–Crippen MR) is 150 cm³/mol. The van der Waals surface area contributed by atoms with Crippen molar-refractivity contribution in [1.29, 1.82) is 0 Å². The molecule has 3 heterocycles. The van der Waals surface area contributed by atoms with Crippen LogP contribution in [0.1, 0.15) is 24.2 Å². The van der Waals surface area contributed by atoms with Gasteiger partial charge in [0.2, 0.25) is 5.95 Å². The molecule has 39 heavy (non-hydrogen) atoms. The molecule has 3 aromatic rings. The Labute approximate surface area is 228 Å². The topological polar surface area (TPSA) is 83.1 Å². The van der Waals surface area contributed by atoms with E-state index in [1.165, 1.54) is 6.07 Å². The van der Waals surface area contributed by atoms with Crippen molar-refractivity contribution in [2.45, 2.75) is 25.9 Å². The number of anilines is 3. The molecule has 1 aromatic heterocycles. The second kappa shape index (κ2) is 11.5. The second-order valence-corrected chi connectivity index (χ2v) is 10.2. The summed E-state index contributed by atoms with van der Waals surface area (Å²) in [7, 11) is 3.68. The molecule has 5 rings (SSSR count). The third-order valence-corrected chi connectivity index (χ3v) is 7.63. The summed E-state index contributed by atoms with van der Waals surface area (Å²) >= 11 is 0. The summed E-state index contributed by atoms with van der Waals surface area (Å²) in [4.78, 5) is 28.8. The van der Waals surface area contributed by atoms with E-state index in [0.29, 0.717) is 79.2 Å². The van der Waals surface area contributed by atoms with Gasteiger partial charge in [-0.2, -0.15) is 0 Å². The van der Waals surface area contributed by atoms with Gasteiger partial charge in [0.1, 0.15) is 11.6 Å². The Hall–Kier alpha value is -3.76. The maximum absolute atomic E-state index is 15.7. The molecule has 206 valence electrons. The van der Waals surface area contributed by atoms with Crippen LogP contribution >= 0.6 is 0 Å². The van der Waals surface area contributed by atoms with Crippen molar-refractivity contribution in [3.8, 4) is 16.9 Å². The number of hydrogen-bond acceptors (Lipinski definition) is 8. The molecule has 2 fully saturated rings. The molecule has 2 atom stereocenters. The molecule has 2 aromatic carbocycles. The number of likely N-dealkylation sites (N-methyl/N-ethyl adjacent to an activating group) is 1. The Morgan fingerprint density at radius 2 is 1.67 bits per heavy atom. The Kier molecular flexibility index (Phi) is 7.94. The van der Waals surface area contributed by atoms with E-state index in [9.17, 15) is 4.79 Å². The second-order valence-electron chi connectivity index (χ2n) is 10.2. The minimum Gasteiger partial charge on any atom is -0.497 e. The van der Waals surface area contributed by atoms with Gasteiger partial charge in [0, 0.05) is 67.3 Å². The van der Waals surface area contributed by atoms with Gasteiger partial charge in [-0.1, -0.05) is 0 Å². The average Bonchev–Trinajstić information content (AvgIpc) is 2.97. The van der Waals surface area contributed by atoms with Crippen molar-refractivity contribution in [2.75, 3.05) is 68.7 Å². The smallest absolute Gasteiger partial charge is 0.255 e. The number of aromatic nitrogens is 2. The van der Waals surface area contributed by atoms with Crippen molar-refractivity contribution < 1.29 is 18.7 Å². The monoisotopic (exact) mass is 534 g/mol. The standard InChI is InChI=1S/C29H35FN6O3/c1-19-17-36(18-20(2)34(19)3)27-14-25(30)24(22-15-31-29(32-16-22)35-9-11-39-12-10-35)13-26(27)33-28(37)21-5-7-23(38-4)8-6-21/h5-8,13-16,19-20H,9-12,17-18H2,1-4H3,(H,33,37). The summed E-state index contributed by atoms with van der Waals surface area (Å²) in [5, 5.41) is 3.04. The first kappa shape index (κ1) is 26.8. The van der Waals surface area contributed by atoms with Crippen LogP contribution in [0.25, 0.3) is 11.1 Å². The highest BCUT2D eigenvalue weighted by Gasteiger charge is 2.29. The Morgan fingerprint density at radius 3 is 2.28 bits per heavy atom. The molecule has 9 nitrogen and oxygen atoms in total. The first-order chi connectivity index (χ1) is 18.8. The quantitative estimate of drug-likeness (QED) is 0.510. The number of methoxy groups -OCH3 is 1. The van der Waals surface area contributed by atoms with E-state index in [2.05, 4.69) is 46.0 Å². The lowest BCUT2D eigenvalue weighted by molar-refractivity contribution is 0.102. The largest absolute Gasteiger partial charge is 0.497 e. The minimum atomic E-state index is -0.394. The van der Waals surface area contributed by atoms with Gasteiger partial charge in [0.15, 0.2) is 0 Å². The first-order valence-electron chi connectivity index (χ1n) is 13.2. The molecule has 2 aliphatic rings. The number of carbonyl (C=O) groups excluding carboxylic acids is 1. The number of nitrogens with one attached hydrogen (secondary N) is 1. The van der Waals surface area contributed by atoms with Gasteiger partial charge in [-0.15, -0.1) is 0 Å². The highest BCUT2D eigenvalue weighted by atomic mass is 19.1. The van der Waals surface area contributed by atoms with Crippen LogP contribution in [0.3, 0.4) is 0 Å². The zero-order valence-corrected chi connectivity index (χ0v) is 22.9. The fourth-order valence-electron chi connectivity index (χ4n) is 5.07. The van der Waals surface area contributed by atoms with Gasteiger partial charge in [-0.05, 0) is 57.3 Å². The molecule has 0 bridgehead atoms. The number of rotatable bonds is 6. The summed E-state index contributed by atoms with van der Waals surface area (Å²) < 4.78 is 26.3. The van der Waals surface area contributed by atoms with Crippen LogP contribution in [0.4, 0.5) is 21.7 Å². The van der Waals surface area contributed by atoms with Crippen molar-refractivity contribution in [3.05, 3.63) is 60.2 Å². The number of hydrogen-bond donors (Lipinski definition) is 1. The molecule has 2 unspecified atom stereocenters. The molecule has 2 saturated heterocycles. The molecule has 0 aliphatic carbocycles. The molecule has 0 radical (unpaired) electrons. The number of ether oxygens (including phenoxy) is 2. The van der Waals surface area contributed by atoms with E-state index in [0.717, 1.165) is 0 Å². The van der Waals surface area contributed by atoms with Crippen LogP contribution in [0.2, 0.25) is 0 Å². The maximum Gasteiger partial charge on any atom is 0.255 e. The lowest BCUT2D eigenvalue weighted by Gasteiger charge is -2.44. The zero-order chi connectivity index (χ0) is 27.5. The van der Waals surface area contributed by atoms with Crippen LogP contribution in [-0.2, 0) is 4.74 Å². The minimum absolute atomic E-state index is 0.266. The number of amides is 1. The Bertz CT molecular complexity index is 1290. The van der Waals surface area contributed by atoms with Crippen LogP contribution in [-0.4, -0.2) is 86.4 Å². The summed E-state index contributed by atoms with van der Waals surface area (Å²) in [5.74, 6) is 0.574. The number of benzene rings is 2. The molecule has 1 N–H and O–H groups in total. The van der Waals surface area contributed by atoms with Crippen LogP contribution in [0.15, 0.2) is 48.8 Å². The molecule has 10 heteroatoms. The lowest BCUT2D eigenvalue weighted by atomic mass is 10.0. The van der Waals surface area contributed by atoms with Gasteiger partial charge in [0.05, 0.1) is 31.7 Å². The van der Waals surface area contributed by atoms with Crippen molar-refractivity contribution in [3.63, 3.8) is 0 Å². The van der Waals surface area contributed by atoms with Crippen LogP contribution < -0.4 is 19.9 Å². The third-order valence-electron chi connectivity index (χ3n) is 7.63. The fourth-order valence-corrected chi connectivity index (χ4v) is 5.07. The van der Waals surface area contributed by atoms with Crippen LogP contribution in [0, 0.1) is 5.82 Å². The van der Waals surface area contributed by atoms with E-state index >= 15 is 4.39 Å². The molecule has 0 spiro atoms.